The van der Waals surface area contributed by atoms with Crippen molar-refractivity contribution >= 4 is 44.7 Å². The van der Waals surface area contributed by atoms with Crippen molar-refractivity contribution in [3.05, 3.63) is 138 Å². The number of aryl methyl sites for hydroxylation is 3. The van der Waals surface area contributed by atoms with Crippen molar-refractivity contribution in [2.24, 2.45) is 0 Å². The fraction of sp³-hybridized carbons (Fsp3) is 0.190. The van der Waals surface area contributed by atoms with E-state index in [1.54, 1.807) is 0 Å². The third kappa shape index (κ3) is 5.05. The summed E-state index contributed by atoms with van der Waals surface area (Å²) in [7, 11) is 0. The van der Waals surface area contributed by atoms with E-state index in [0.717, 1.165) is 50.9 Å². The van der Waals surface area contributed by atoms with Gasteiger partial charge in [0.25, 0.3) is 0 Å². The van der Waals surface area contributed by atoms with Gasteiger partial charge in [0.05, 0.1) is 16.7 Å². The molecule has 0 fully saturated rings. The van der Waals surface area contributed by atoms with Gasteiger partial charge in [-0.1, -0.05) is 62.7 Å². The van der Waals surface area contributed by atoms with E-state index in [0.29, 0.717) is 6.67 Å². The molecule has 1 aliphatic rings. The number of nitrogens with zero attached hydrogens (tertiary/aromatic N) is 5. The molecule has 0 amide bonds. The van der Waals surface area contributed by atoms with Gasteiger partial charge in [-0.05, 0) is 97.5 Å². The molecule has 0 N–H and O–H groups in total. The SMILES string of the molecule is Cc1cc(C)c(N2CN(c3cccc(Oc4ccc5c6ccccc6n(-c6cc(C(C)(C)C)ccn6)c5c4)c3)c3ncccc32)c(C)c1. The molecule has 0 saturated heterocycles. The second kappa shape index (κ2) is 11.3. The zero-order chi connectivity index (χ0) is 33.2. The van der Waals surface area contributed by atoms with Crippen molar-refractivity contribution in [3.8, 4) is 17.3 Å². The molecule has 3 aromatic heterocycles. The zero-order valence-electron chi connectivity index (χ0n) is 28.3. The summed E-state index contributed by atoms with van der Waals surface area (Å²) in [5, 5.41) is 2.35. The number of aromatic nitrogens is 3. The summed E-state index contributed by atoms with van der Waals surface area (Å²) in [6.45, 7) is 13.9. The molecule has 0 radical (unpaired) electrons. The molecule has 7 aromatic rings. The standard InChI is InChI=1S/C42H39N5O/c1-27-21-28(2)40(29(3)22-27)46-26-45(41-37(46)15-10-19-44-41)31-11-9-12-32(24-31)48-33-16-17-35-34-13-7-8-14-36(34)47(38(35)25-33)39-23-30(18-20-43-39)42(4,5)6/h7-25H,26H2,1-6H3. The maximum atomic E-state index is 6.61. The predicted octanol–water partition coefficient (Wildman–Crippen LogP) is 10.8. The first-order valence-electron chi connectivity index (χ1n) is 16.5. The summed E-state index contributed by atoms with van der Waals surface area (Å²) in [4.78, 5) is 14.3. The fourth-order valence-electron chi connectivity index (χ4n) is 7.20. The van der Waals surface area contributed by atoms with Crippen molar-refractivity contribution in [1.82, 2.24) is 14.5 Å². The second-order valence-corrected chi connectivity index (χ2v) is 13.9. The van der Waals surface area contributed by atoms with Crippen LogP contribution in [0.5, 0.6) is 11.5 Å². The quantitative estimate of drug-likeness (QED) is 0.190. The molecule has 6 nitrogen and oxygen atoms in total. The smallest absolute Gasteiger partial charge is 0.158 e. The van der Waals surface area contributed by atoms with E-state index in [9.17, 15) is 0 Å². The monoisotopic (exact) mass is 629 g/mol. The van der Waals surface area contributed by atoms with Crippen molar-refractivity contribution in [2.75, 3.05) is 16.5 Å². The number of ether oxygens (including phenoxy) is 1. The Bertz CT molecular complexity index is 2320. The van der Waals surface area contributed by atoms with Gasteiger partial charge in [-0.15, -0.1) is 0 Å². The van der Waals surface area contributed by atoms with Crippen molar-refractivity contribution < 1.29 is 4.74 Å². The molecule has 1 aliphatic heterocycles. The molecule has 0 bridgehead atoms. The number of anilines is 4. The Hall–Kier alpha value is -5.62. The molecule has 238 valence electrons. The first-order chi connectivity index (χ1) is 23.2. The molecule has 0 unspecified atom stereocenters. The summed E-state index contributed by atoms with van der Waals surface area (Å²) in [5.74, 6) is 3.37. The van der Waals surface area contributed by atoms with Gasteiger partial charge in [-0.25, -0.2) is 9.97 Å². The number of hydrogen-bond donors (Lipinski definition) is 0. The Labute approximate surface area is 281 Å². The van der Waals surface area contributed by atoms with E-state index in [1.165, 1.54) is 33.3 Å². The van der Waals surface area contributed by atoms with Crippen LogP contribution >= 0.6 is 0 Å². The van der Waals surface area contributed by atoms with E-state index in [1.807, 2.05) is 24.5 Å². The molecule has 48 heavy (non-hydrogen) atoms. The molecule has 4 heterocycles. The van der Waals surface area contributed by atoms with Gasteiger partial charge in [-0.2, -0.15) is 0 Å². The van der Waals surface area contributed by atoms with Crippen LogP contribution in [-0.2, 0) is 5.41 Å². The molecular weight excluding hydrogens is 590 g/mol. The van der Waals surface area contributed by atoms with Crippen LogP contribution in [0.1, 0.15) is 43.0 Å². The van der Waals surface area contributed by atoms with Crippen LogP contribution in [0.4, 0.5) is 22.9 Å². The van der Waals surface area contributed by atoms with Gasteiger partial charge in [0.1, 0.15) is 24.0 Å². The number of pyridine rings is 2. The number of para-hydroxylation sites is 1. The minimum atomic E-state index is 0.00986. The minimum Gasteiger partial charge on any atom is -0.457 e. The van der Waals surface area contributed by atoms with Crippen LogP contribution < -0.4 is 14.5 Å². The normalized spacial score (nSPS) is 13.0. The first-order valence-corrected chi connectivity index (χ1v) is 16.5. The van der Waals surface area contributed by atoms with E-state index in [-0.39, 0.29) is 5.41 Å². The molecule has 0 atom stereocenters. The summed E-state index contributed by atoms with van der Waals surface area (Å²) in [6.07, 6.45) is 3.78. The largest absolute Gasteiger partial charge is 0.457 e. The van der Waals surface area contributed by atoms with Crippen LogP contribution in [0.3, 0.4) is 0 Å². The van der Waals surface area contributed by atoms with Crippen LogP contribution in [0, 0.1) is 20.8 Å². The molecular formula is C42H39N5O. The van der Waals surface area contributed by atoms with E-state index >= 15 is 0 Å². The average Bonchev–Trinajstić information content (AvgIpc) is 3.60. The van der Waals surface area contributed by atoms with Crippen molar-refractivity contribution in [1.29, 1.82) is 0 Å². The molecule has 8 rings (SSSR count). The lowest BCUT2D eigenvalue weighted by molar-refractivity contribution is 0.483. The fourth-order valence-corrected chi connectivity index (χ4v) is 7.20. The second-order valence-electron chi connectivity index (χ2n) is 13.9. The Morgan fingerprint density at radius 2 is 1.42 bits per heavy atom. The lowest BCUT2D eigenvalue weighted by atomic mass is 9.88. The predicted molar refractivity (Wildman–Crippen MR) is 198 cm³/mol. The van der Waals surface area contributed by atoms with Crippen LogP contribution in [0.15, 0.2) is 116 Å². The Balaban J connectivity index is 1.16. The van der Waals surface area contributed by atoms with Crippen molar-refractivity contribution in [3.63, 3.8) is 0 Å². The number of hydrogen-bond acceptors (Lipinski definition) is 5. The highest BCUT2D eigenvalue weighted by Crippen LogP contribution is 2.45. The number of fused-ring (bicyclic) bond motifs is 4. The minimum absolute atomic E-state index is 0.00986. The van der Waals surface area contributed by atoms with Gasteiger partial charge >= 0.3 is 0 Å². The topological polar surface area (TPSA) is 46.4 Å². The molecule has 0 spiro atoms. The molecule has 6 heteroatoms. The Kier molecular flexibility index (Phi) is 6.99. The van der Waals surface area contributed by atoms with Gasteiger partial charge in [-0.3, -0.25) is 4.57 Å². The highest BCUT2D eigenvalue weighted by atomic mass is 16.5. The van der Waals surface area contributed by atoms with Gasteiger partial charge in [0.15, 0.2) is 5.82 Å². The lowest BCUT2D eigenvalue weighted by Gasteiger charge is -2.25. The molecule has 4 aromatic carbocycles. The third-order valence-corrected chi connectivity index (χ3v) is 9.35. The summed E-state index contributed by atoms with van der Waals surface area (Å²) in [5.41, 5.74) is 10.6. The van der Waals surface area contributed by atoms with Crippen LogP contribution in [-0.4, -0.2) is 21.2 Å². The Morgan fingerprint density at radius 3 is 2.23 bits per heavy atom. The summed E-state index contributed by atoms with van der Waals surface area (Å²) >= 11 is 0. The number of benzene rings is 4. The maximum Gasteiger partial charge on any atom is 0.158 e. The lowest BCUT2D eigenvalue weighted by Crippen LogP contribution is -2.25. The van der Waals surface area contributed by atoms with Gasteiger partial charge in [0.2, 0.25) is 0 Å². The average molecular weight is 630 g/mol. The van der Waals surface area contributed by atoms with E-state index in [2.05, 4.69) is 147 Å². The van der Waals surface area contributed by atoms with Crippen molar-refractivity contribution in [2.45, 2.75) is 47.0 Å². The molecule has 0 saturated carbocycles. The van der Waals surface area contributed by atoms with Crippen LogP contribution in [0.2, 0.25) is 0 Å². The number of rotatable bonds is 5. The van der Waals surface area contributed by atoms with Crippen LogP contribution in [0.25, 0.3) is 27.6 Å². The highest BCUT2D eigenvalue weighted by Gasteiger charge is 2.31. The van der Waals surface area contributed by atoms with Gasteiger partial charge < -0.3 is 14.5 Å². The zero-order valence-corrected chi connectivity index (χ0v) is 28.3. The summed E-state index contributed by atoms with van der Waals surface area (Å²) in [6, 6.07) is 36.1. The van der Waals surface area contributed by atoms with E-state index < -0.39 is 0 Å². The highest BCUT2D eigenvalue weighted by molar-refractivity contribution is 6.09. The summed E-state index contributed by atoms with van der Waals surface area (Å²) < 4.78 is 8.86. The Morgan fingerprint density at radius 1 is 0.646 bits per heavy atom. The maximum absolute atomic E-state index is 6.61. The first kappa shape index (κ1) is 29.8. The third-order valence-electron chi connectivity index (χ3n) is 9.35. The van der Waals surface area contributed by atoms with E-state index in [4.69, 9.17) is 14.7 Å². The van der Waals surface area contributed by atoms with Gasteiger partial charge in [0, 0.05) is 46.7 Å². The molecule has 0 aliphatic carbocycles.